The first kappa shape index (κ1) is 16.6. The molecule has 2 aliphatic rings. The molecule has 4 rings (SSSR count). The van der Waals surface area contributed by atoms with Crippen LogP contribution >= 0.6 is 0 Å². The number of likely N-dealkylation sites (N-methyl/N-ethyl adjacent to an activating group) is 1. The fourth-order valence-corrected chi connectivity index (χ4v) is 5.50. The Labute approximate surface area is 149 Å². The number of hydrogen-bond donors (Lipinski definition) is 1. The summed E-state index contributed by atoms with van der Waals surface area (Å²) in [4.78, 5) is 3.10. The van der Waals surface area contributed by atoms with E-state index < -0.39 is 9.84 Å². The molecule has 0 amide bonds. The van der Waals surface area contributed by atoms with Crippen LogP contribution in [0.3, 0.4) is 0 Å². The van der Waals surface area contributed by atoms with E-state index in [1.54, 1.807) is 18.2 Å². The molecule has 132 valence electrons. The van der Waals surface area contributed by atoms with Crippen molar-refractivity contribution in [3.63, 3.8) is 0 Å². The second-order valence-electron chi connectivity index (χ2n) is 7.15. The lowest BCUT2D eigenvalue weighted by Crippen LogP contribution is -2.30. The second-order valence-corrected chi connectivity index (χ2v) is 9.10. The third-order valence-corrected chi connectivity index (χ3v) is 7.40. The number of nitrogens with one attached hydrogen (secondary N) is 1. The molecule has 0 spiro atoms. The van der Waals surface area contributed by atoms with Gasteiger partial charge in [0.15, 0.2) is 0 Å². The Morgan fingerprint density at radius 3 is 2.44 bits per heavy atom. The highest BCUT2D eigenvalue weighted by Gasteiger charge is 2.37. The van der Waals surface area contributed by atoms with Crippen molar-refractivity contribution in [2.24, 2.45) is 0 Å². The number of anilines is 1. The molecule has 1 N–H and O–H groups in total. The van der Waals surface area contributed by atoms with Crippen molar-refractivity contribution < 1.29 is 8.42 Å². The molecular formula is C20H24N2O2S. The predicted molar refractivity (Wildman–Crippen MR) is 100 cm³/mol. The van der Waals surface area contributed by atoms with Crippen molar-refractivity contribution in [2.45, 2.75) is 41.5 Å². The van der Waals surface area contributed by atoms with E-state index in [-0.39, 0.29) is 0 Å². The largest absolute Gasteiger partial charge is 0.371 e. The SMILES string of the molecule is Cc1ccc(S(=O)(=O)c2ccc3c(c2)[C@H]2CCNCCC2N3C)cc1. The molecule has 1 saturated heterocycles. The Morgan fingerprint density at radius 2 is 1.68 bits per heavy atom. The van der Waals surface area contributed by atoms with Gasteiger partial charge in [-0.15, -0.1) is 0 Å². The summed E-state index contributed by atoms with van der Waals surface area (Å²) in [5.41, 5.74) is 3.42. The molecule has 5 heteroatoms. The Bertz CT molecular complexity index is 890. The van der Waals surface area contributed by atoms with Crippen LogP contribution in [0.4, 0.5) is 5.69 Å². The van der Waals surface area contributed by atoms with Crippen LogP contribution in [-0.2, 0) is 9.84 Å². The van der Waals surface area contributed by atoms with Gasteiger partial charge in [0.25, 0.3) is 0 Å². The molecule has 25 heavy (non-hydrogen) atoms. The summed E-state index contributed by atoms with van der Waals surface area (Å²) in [6, 6.07) is 13.2. The van der Waals surface area contributed by atoms with Gasteiger partial charge in [0.05, 0.1) is 9.79 Å². The highest BCUT2D eigenvalue weighted by atomic mass is 32.2. The molecule has 2 aromatic rings. The summed E-state index contributed by atoms with van der Waals surface area (Å²) in [5, 5.41) is 3.46. The number of fused-ring (bicyclic) bond motifs is 3. The average molecular weight is 356 g/mol. The monoisotopic (exact) mass is 356 g/mol. The van der Waals surface area contributed by atoms with Gasteiger partial charge in [-0.25, -0.2) is 8.42 Å². The van der Waals surface area contributed by atoms with E-state index in [0.29, 0.717) is 21.8 Å². The molecule has 1 unspecified atom stereocenters. The summed E-state index contributed by atoms with van der Waals surface area (Å²) >= 11 is 0. The van der Waals surface area contributed by atoms with Gasteiger partial charge in [-0.2, -0.15) is 0 Å². The van der Waals surface area contributed by atoms with Crippen LogP contribution in [0.25, 0.3) is 0 Å². The van der Waals surface area contributed by atoms with Gasteiger partial charge in [0.2, 0.25) is 9.84 Å². The molecule has 0 aliphatic carbocycles. The summed E-state index contributed by atoms with van der Waals surface area (Å²) in [5.74, 6) is 0.406. The van der Waals surface area contributed by atoms with Gasteiger partial charge < -0.3 is 10.2 Å². The van der Waals surface area contributed by atoms with Crippen molar-refractivity contribution >= 4 is 15.5 Å². The molecule has 0 saturated carbocycles. The average Bonchev–Trinajstić information content (AvgIpc) is 2.78. The van der Waals surface area contributed by atoms with Gasteiger partial charge in [0, 0.05) is 24.7 Å². The lowest BCUT2D eigenvalue weighted by atomic mass is 9.91. The van der Waals surface area contributed by atoms with E-state index in [2.05, 4.69) is 17.3 Å². The smallest absolute Gasteiger partial charge is 0.206 e. The summed E-state index contributed by atoms with van der Waals surface area (Å²) in [6.45, 7) is 3.97. The maximum absolute atomic E-state index is 13.0. The minimum atomic E-state index is -3.48. The van der Waals surface area contributed by atoms with Crippen LogP contribution in [0.2, 0.25) is 0 Å². The number of rotatable bonds is 2. The lowest BCUT2D eigenvalue weighted by molar-refractivity contribution is 0.531. The van der Waals surface area contributed by atoms with E-state index in [9.17, 15) is 8.42 Å². The molecule has 0 bridgehead atoms. The van der Waals surface area contributed by atoms with Crippen LogP contribution in [-0.4, -0.2) is 34.6 Å². The summed E-state index contributed by atoms with van der Waals surface area (Å²) in [6.07, 6.45) is 2.14. The van der Waals surface area contributed by atoms with Crippen molar-refractivity contribution in [3.8, 4) is 0 Å². The fraction of sp³-hybridized carbons (Fsp3) is 0.400. The first-order valence-electron chi connectivity index (χ1n) is 8.88. The zero-order valence-electron chi connectivity index (χ0n) is 14.7. The van der Waals surface area contributed by atoms with Gasteiger partial charge in [-0.05, 0) is 68.8 Å². The third-order valence-electron chi connectivity index (χ3n) is 5.63. The van der Waals surface area contributed by atoms with E-state index in [1.165, 1.54) is 11.3 Å². The number of benzene rings is 2. The topological polar surface area (TPSA) is 49.4 Å². The zero-order valence-corrected chi connectivity index (χ0v) is 15.5. The van der Waals surface area contributed by atoms with Crippen LogP contribution in [0.5, 0.6) is 0 Å². The molecule has 2 heterocycles. The molecule has 1 fully saturated rings. The molecule has 2 aliphatic heterocycles. The quantitative estimate of drug-likeness (QED) is 0.898. The van der Waals surface area contributed by atoms with Crippen molar-refractivity contribution in [1.29, 1.82) is 0 Å². The molecule has 2 aromatic carbocycles. The molecule has 0 radical (unpaired) electrons. The van der Waals surface area contributed by atoms with E-state index in [0.717, 1.165) is 31.5 Å². The van der Waals surface area contributed by atoms with Crippen LogP contribution in [0.15, 0.2) is 52.3 Å². The Morgan fingerprint density at radius 1 is 1.00 bits per heavy atom. The first-order valence-corrected chi connectivity index (χ1v) is 10.4. The lowest BCUT2D eigenvalue weighted by Gasteiger charge is -2.24. The van der Waals surface area contributed by atoms with Gasteiger partial charge in [-0.1, -0.05) is 17.7 Å². The van der Waals surface area contributed by atoms with Crippen molar-refractivity contribution in [1.82, 2.24) is 5.32 Å². The normalized spacial score (nSPS) is 23.0. The van der Waals surface area contributed by atoms with Gasteiger partial charge in [0.1, 0.15) is 0 Å². The van der Waals surface area contributed by atoms with Crippen LogP contribution in [0, 0.1) is 6.92 Å². The standard InChI is InChI=1S/C20H24N2O2S/c1-14-3-5-15(6-4-14)25(23,24)16-7-8-19-18(13-16)17-9-11-21-12-10-20(17)22(19)2/h3-8,13,17,20-21H,9-12H2,1-2H3/t17-,20?/m1/s1. The van der Waals surface area contributed by atoms with Crippen molar-refractivity contribution in [3.05, 3.63) is 53.6 Å². The third kappa shape index (κ3) is 2.75. The number of aryl methyl sites for hydroxylation is 1. The molecular weight excluding hydrogens is 332 g/mol. The number of sulfone groups is 1. The van der Waals surface area contributed by atoms with Gasteiger partial charge in [-0.3, -0.25) is 0 Å². The highest BCUT2D eigenvalue weighted by Crippen LogP contribution is 2.44. The minimum Gasteiger partial charge on any atom is -0.371 e. The molecule has 2 atom stereocenters. The maximum atomic E-state index is 13.0. The Balaban J connectivity index is 1.77. The zero-order chi connectivity index (χ0) is 17.6. The summed E-state index contributed by atoms with van der Waals surface area (Å²) < 4.78 is 26.1. The first-order chi connectivity index (χ1) is 12.0. The van der Waals surface area contributed by atoms with E-state index in [4.69, 9.17) is 0 Å². The van der Waals surface area contributed by atoms with Crippen LogP contribution < -0.4 is 10.2 Å². The Hall–Kier alpha value is -1.85. The second kappa shape index (κ2) is 6.15. The number of nitrogens with zero attached hydrogens (tertiary/aromatic N) is 1. The fourth-order valence-electron chi connectivity index (χ4n) is 4.20. The minimum absolute atomic E-state index is 0.364. The molecule has 4 nitrogen and oxygen atoms in total. The maximum Gasteiger partial charge on any atom is 0.206 e. The molecule has 0 aromatic heterocycles. The van der Waals surface area contributed by atoms with Gasteiger partial charge >= 0.3 is 0 Å². The Kier molecular flexibility index (Phi) is 4.08. The predicted octanol–water partition coefficient (Wildman–Crippen LogP) is 3.11. The van der Waals surface area contributed by atoms with Crippen LogP contribution in [0.1, 0.15) is 29.9 Å². The van der Waals surface area contributed by atoms with E-state index >= 15 is 0 Å². The van der Waals surface area contributed by atoms with E-state index in [1.807, 2.05) is 31.2 Å². The highest BCUT2D eigenvalue weighted by molar-refractivity contribution is 7.91. The van der Waals surface area contributed by atoms with Crippen molar-refractivity contribution in [2.75, 3.05) is 25.0 Å². The number of hydrogen-bond acceptors (Lipinski definition) is 4. The summed E-state index contributed by atoms with van der Waals surface area (Å²) in [7, 11) is -1.35.